The molecule has 0 heterocycles. The molecule has 0 radical (unpaired) electrons. The lowest BCUT2D eigenvalue weighted by molar-refractivity contribution is -0.0141. The molecule has 2 aromatic carbocycles. The molecule has 20 atom stereocenters. The molecule has 12 fully saturated rings. The van der Waals surface area contributed by atoms with Crippen LogP contribution in [-0.4, -0.2) is 185 Å². The number of thioether (sulfide) groups is 4. The quantitative estimate of drug-likeness (QED) is 0.144. The molecule has 2 aromatic rings. The van der Waals surface area contributed by atoms with Crippen molar-refractivity contribution in [3.63, 3.8) is 0 Å². The Hall–Kier alpha value is -1.14. The number of aliphatic hydroxyl groups is 4. The maximum Gasteiger partial charge on any atom is 0.219 e. The van der Waals surface area contributed by atoms with Gasteiger partial charge in [-0.15, -0.1) is 0 Å². The molecule has 0 aliphatic heterocycles. The Balaban J connectivity index is 0.000000108. The van der Waals surface area contributed by atoms with Gasteiger partial charge in [-0.25, -0.2) is 0 Å². The van der Waals surface area contributed by atoms with Crippen LogP contribution < -0.4 is 0 Å². The maximum absolute atomic E-state index is 12.4. The second-order valence-electron chi connectivity index (χ2n) is 25.2. The van der Waals surface area contributed by atoms with Gasteiger partial charge in [0, 0.05) is 80.5 Å². The number of carbonyl (C=O) groups excluding carboxylic acids is 2. The molecule has 0 spiro atoms. The Labute approximate surface area is 460 Å². The summed E-state index contributed by atoms with van der Waals surface area (Å²) in [5.74, 6) is 4.82. The van der Waals surface area contributed by atoms with Crippen LogP contribution in [0.15, 0.2) is 60.7 Å². The molecule has 74 heavy (non-hydrogen) atoms. The minimum absolute atomic E-state index is 0.0196. The predicted octanol–water partition coefficient (Wildman–Crippen LogP) is 8.75. The highest BCUT2D eigenvalue weighted by atomic mass is 32.2. The van der Waals surface area contributed by atoms with E-state index < -0.39 is 0 Å². The first kappa shape index (κ1) is 54.8. The fraction of sp³-hybridized carbons (Fsp3) is 0.767. The van der Waals surface area contributed by atoms with Gasteiger partial charge in [0.2, 0.25) is 10.2 Å². The summed E-state index contributed by atoms with van der Waals surface area (Å²) in [6.45, 7) is 0. The van der Waals surface area contributed by atoms with Gasteiger partial charge < -0.3 is 40.0 Å². The van der Waals surface area contributed by atoms with Gasteiger partial charge in [-0.2, -0.15) is 23.5 Å². The van der Waals surface area contributed by atoms with Crippen molar-refractivity contribution in [3.05, 3.63) is 71.8 Å². The van der Waals surface area contributed by atoms with Crippen LogP contribution in [0.4, 0.5) is 0 Å². The van der Waals surface area contributed by atoms with Crippen LogP contribution in [0.25, 0.3) is 0 Å². The van der Waals surface area contributed by atoms with Crippen LogP contribution in [0, 0.1) is 47.3 Å². The summed E-state index contributed by atoms with van der Waals surface area (Å²) in [4.78, 5) is 35.0. The first-order valence-corrected chi connectivity index (χ1v) is 33.3. The fourth-order valence-electron chi connectivity index (χ4n) is 15.7. The number of aliphatic hydroxyl groups excluding tert-OH is 4. The third-order valence-corrected chi connectivity index (χ3v) is 25.9. The van der Waals surface area contributed by atoms with Crippen LogP contribution in [0.5, 0.6) is 0 Å². The van der Waals surface area contributed by atoms with Crippen LogP contribution >= 0.6 is 47.0 Å². The van der Waals surface area contributed by atoms with E-state index in [1.54, 1.807) is 0 Å². The topological polar surface area (TPSA) is 128 Å². The van der Waals surface area contributed by atoms with E-state index in [0.717, 1.165) is 84.9 Å². The zero-order chi connectivity index (χ0) is 51.7. The lowest BCUT2D eigenvalue weighted by Gasteiger charge is -2.46. The average Bonchev–Trinajstić information content (AvgIpc) is 4.19. The fourth-order valence-corrected chi connectivity index (χ4v) is 19.9. The molecule has 14 heteroatoms. The molecule has 4 N–H and O–H groups in total. The number of rotatable bonds is 14. The lowest BCUT2D eigenvalue weighted by Crippen LogP contribution is -2.52. The van der Waals surface area contributed by atoms with Crippen LogP contribution in [0.2, 0.25) is 0 Å². The minimum atomic E-state index is -0.313. The van der Waals surface area contributed by atoms with Crippen LogP contribution in [0.3, 0.4) is 0 Å². The molecular weight excluding hydrogens is 1000 g/mol. The number of carbonyl (C=O) groups is 2. The zero-order valence-corrected chi connectivity index (χ0v) is 48.2. The maximum atomic E-state index is 12.4. The Morgan fingerprint density at radius 1 is 0.378 bits per heavy atom. The van der Waals surface area contributed by atoms with E-state index in [1.165, 1.54) is 101 Å². The van der Waals surface area contributed by atoms with Crippen molar-refractivity contribution < 1.29 is 30.0 Å². The van der Waals surface area contributed by atoms with E-state index in [4.69, 9.17) is 0 Å². The van der Waals surface area contributed by atoms with Gasteiger partial charge in [0.1, 0.15) is 0 Å². The molecule has 12 aliphatic carbocycles. The zero-order valence-electron chi connectivity index (χ0n) is 45.0. The van der Waals surface area contributed by atoms with Crippen molar-refractivity contribution in [1.82, 2.24) is 19.6 Å². The summed E-state index contributed by atoms with van der Waals surface area (Å²) >= 11 is 6.41. The molecule has 0 saturated heterocycles. The van der Waals surface area contributed by atoms with Gasteiger partial charge in [0.15, 0.2) is 0 Å². The molecule has 12 aliphatic rings. The van der Waals surface area contributed by atoms with Crippen LogP contribution in [0.1, 0.15) is 123 Å². The number of hydrogen-bond donors (Lipinski definition) is 4. The third kappa shape index (κ3) is 11.3. The Morgan fingerprint density at radius 2 is 0.622 bits per heavy atom. The summed E-state index contributed by atoms with van der Waals surface area (Å²) in [5.41, 5.74) is 1.48. The van der Waals surface area contributed by atoms with E-state index in [2.05, 4.69) is 60.3 Å². The van der Waals surface area contributed by atoms with Gasteiger partial charge in [-0.05, 0) is 191 Å². The highest BCUT2D eigenvalue weighted by Gasteiger charge is 2.59. The second-order valence-corrected chi connectivity index (χ2v) is 29.8. The first-order chi connectivity index (χ1) is 35.7. The smallest absolute Gasteiger partial charge is 0.219 e. The van der Waals surface area contributed by atoms with E-state index in [9.17, 15) is 30.0 Å². The highest BCUT2D eigenvalue weighted by Crippen LogP contribution is 2.57. The highest BCUT2D eigenvalue weighted by molar-refractivity contribution is 8.15. The second kappa shape index (κ2) is 23.1. The third-order valence-electron chi connectivity index (χ3n) is 21.3. The first-order valence-electron chi connectivity index (χ1n) is 28.9. The van der Waals surface area contributed by atoms with E-state index in [0.29, 0.717) is 58.1 Å². The predicted molar refractivity (Wildman–Crippen MR) is 306 cm³/mol. The molecule has 0 amide bonds. The summed E-state index contributed by atoms with van der Waals surface area (Å²) in [5, 5.41) is 42.6. The molecular formula is C60H88N4O6S4. The van der Waals surface area contributed by atoms with Crippen molar-refractivity contribution in [1.29, 1.82) is 0 Å². The molecule has 0 bridgehead atoms. The van der Waals surface area contributed by atoms with Gasteiger partial charge in [0.05, 0.1) is 24.4 Å². The summed E-state index contributed by atoms with van der Waals surface area (Å²) < 4.78 is 0. The van der Waals surface area contributed by atoms with E-state index in [-0.39, 0.29) is 45.1 Å². The Bertz CT molecular complexity index is 2070. The monoisotopic (exact) mass is 1090 g/mol. The van der Waals surface area contributed by atoms with Crippen molar-refractivity contribution in [2.75, 3.05) is 40.7 Å². The molecule has 0 unspecified atom stereocenters. The largest absolute Gasteiger partial charge is 0.392 e. The molecule has 408 valence electrons. The van der Waals surface area contributed by atoms with Gasteiger partial charge in [-0.1, -0.05) is 84.2 Å². The van der Waals surface area contributed by atoms with Crippen molar-refractivity contribution >= 4 is 57.3 Å². The van der Waals surface area contributed by atoms with Crippen molar-refractivity contribution in [3.8, 4) is 0 Å². The van der Waals surface area contributed by atoms with Crippen molar-refractivity contribution in [2.24, 2.45) is 47.3 Å². The SMILES string of the molecule is CN(C1CC1)[C@@H]1C[C@@H]2[C@@H](O)[C@H](SC(=O)c3ccccc3)C[C@@H]21.CN(C1CC1)[C@H]1C[C@H]2[C@H](O)[C@@H](SC(=O)c3ccccc3)C[C@H]21.CS[C@@H]1C[C@H]2[C@H](C[C@H]2N(C)C2CC2)[C@H]1O.CS[C@H]1C[C@@H]2[C@@H](C[C@@H]2N(C)C2CC2)[C@@H]1O. The van der Waals surface area contributed by atoms with Gasteiger partial charge >= 0.3 is 0 Å². The van der Waals surface area contributed by atoms with E-state index >= 15 is 0 Å². The van der Waals surface area contributed by atoms with Crippen LogP contribution in [-0.2, 0) is 0 Å². The summed E-state index contributed by atoms with van der Waals surface area (Å²) in [6.07, 6.45) is 23.7. The Morgan fingerprint density at radius 3 is 0.865 bits per heavy atom. The van der Waals surface area contributed by atoms with E-state index in [1.807, 2.05) is 84.2 Å². The number of hydrogen-bond acceptors (Lipinski definition) is 14. The number of benzene rings is 2. The standard InChI is InChI=1S/2C18H23NO2S.2C12H21NOS/c2*1-19(12-7-8-12)15-9-14-13(15)10-16(17(14)20)22-18(21)11-5-3-2-4-6-11;2*1-13(7-3-4-7)10-5-9-8(10)6-11(15-2)12(9)14/h2*2-6,12-17,20H,7-10H2,1H3;2*7-12,14H,3-6H2,1-2H3/t2*13-,14-,15+,16+,17+;2*8-,9-,10+,11+,12+/m1010/s1. The van der Waals surface area contributed by atoms with Gasteiger partial charge in [-0.3, -0.25) is 9.59 Å². The Kier molecular flexibility index (Phi) is 17.1. The number of fused-ring (bicyclic) bond motifs is 4. The number of nitrogens with zero attached hydrogens (tertiary/aromatic N) is 4. The lowest BCUT2D eigenvalue weighted by atomic mass is 9.70. The normalized spacial score (nSPS) is 41.9. The minimum Gasteiger partial charge on any atom is -0.392 e. The van der Waals surface area contributed by atoms with Gasteiger partial charge in [0.25, 0.3) is 0 Å². The molecule has 0 aromatic heterocycles. The van der Waals surface area contributed by atoms with Crippen molar-refractivity contribution in [2.45, 2.75) is 196 Å². The average molecular weight is 1090 g/mol. The summed E-state index contributed by atoms with van der Waals surface area (Å²) in [6, 6.07) is 25.0. The molecule has 14 rings (SSSR count). The summed E-state index contributed by atoms with van der Waals surface area (Å²) in [7, 11) is 9.05. The molecule has 12 saturated carbocycles. The molecule has 10 nitrogen and oxygen atoms in total.